The van der Waals surface area contributed by atoms with Crippen molar-refractivity contribution >= 4 is 11.6 Å². The Morgan fingerprint density at radius 2 is 2.10 bits per heavy atom. The molecule has 0 aromatic carbocycles. The molecule has 0 aliphatic carbocycles. The summed E-state index contributed by atoms with van der Waals surface area (Å²) in [6, 6.07) is 0. The van der Waals surface area contributed by atoms with Crippen molar-refractivity contribution in [1.82, 2.24) is 24.4 Å². The molecule has 108 valence electrons. The van der Waals surface area contributed by atoms with Crippen molar-refractivity contribution in [2.45, 2.75) is 32.5 Å². The Hall–Kier alpha value is -2.26. The van der Waals surface area contributed by atoms with Crippen molar-refractivity contribution in [2.24, 2.45) is 0 Å². The number of halogens is 3. The standard InChI is InChI=1S/C10H10F3N5O2/c1-6(19)7-8(20)15-9-17(14-5-18(9)16-7)4-2-3-10(11,12)13/h5H,2-4H2,1H3. The zero-order chi connectivity index (χ0) is 14.9. The quantitative estimate of drug-likeness (QED) is 0.779. The van der Waals surface area contributed by atoms with Crippen LogP contribution in [0.15, 0.2) is 11.1 Å². The summed E-state index contributed by atoms with van der Waals surface area (Å²) in [7, 11) is 0. The van der Waals surface area contributed by atoms with Crippen LogP contribution in [0.1, 0.15) is 30.3 Å². The van der Waals surface area contributed by atoms with E-state index in [4.69, 9.17) is 0 Å². The second kappa shape index (κ2) is 5.02. The van der Waals surface area contributed by atoms with Gasteiger partial charge < -0.3 is 0 Å². The van der Waals surface area contributed by atoms with Gasteiger partial charge in [0.1, 0.15) is 6.33 Å². The van der Waals surface area contributed by atoms with E-state index in [1.54, 1.807) is 0 Å². The third-order valence-corrected chi connectivity index (χ3v) is 2.51. The summed E-state index contributed by atoms with van der Waals surface area (Å²) >= 11 is 0. The van der Waals surface area contributed by atoms with Gasteiger partial charge in [-0.05, 0) is 6.42 Å². The lowest BCUT2D eigenvalue weighted by Gasteiger charge is -2.05. The fourth-order valence-corrected chi connectivity index (χ4v) is 1.61. The van der Waals surface area contributed by atoms with E-state index in [9.17, 15) is 22.8 Å². The van der Waals surface area contributed by atoms with Crippen molar-refractivity contribution in [2.75, 3.05) is 0 Å². The third-order valence-electron chi connectivity index (χ3n) is 2.51. The Balaban J connectivity index is 2.26. The zero-order valence-electron chi connectivity index (χ0n) is 10.4. The number of alkyl halides is 3. The number of Topliss-reactive ketones (excluding diaryl/α,β-unsaturated/α-hetero) is 1. The SMILES string of the molecule is CC(=O)c1nn2cnn(CCCC(F)(F)F)c2nc1=O. The molecule has 0 saturated carbocycles. The summed E-state index contributed by atoms with van der Waals surface area (Å²) < 4.78 is 38.4. The summed E-state index contributed by atoms with van der Waals surface area (Å²) in [4.78, 5) is 26.3. The summed E-state index contributed by atoms with van der Waals surface area (Å²) in [5, 5.41) is 7.53. The van der Waals surface area contributed by atoms with E-state index in [0.717, 1.165) is 9.20 Å². The second-order valence-corrected chi connectivity index (χ2v) is 4.14. The molecule has 2 aromatic rings. The molecule has 0 atom stereocenters. The van der Waals surface area contributed by atoms with Crippen molar-refractivity contribution in [3.05, 3.63) is 22.4 Å². The van der Waals surface area contributed by atoms with Gasteiger partial charge in [0.15, 0.2) is 11.5 Å². The first-order chi connectivity index (χ1) is 9.28. The van der Waals surface area contributed by atoms with Crippen molar-refractivity contribution in [3.63, 3.8) is 0 Å². The highest BCUT2D eigenvalue weighted by atomic mass is 19.4. The molecule has 0 amide bonds. The molecule has 10 heteroatoms. The number of hydrogen-bond donors (Lipinski definition) is 0. The average molecular weight is 289 g/mol. The van der Waals surface area contributed by atoms with Crippen LogP contribution in [0.25, 0.3) is 5.78 Å². The summed E-state index contributed by atoms with van der Waals surface area (Å²) in [5.41, 5.74) is -1.16. The van der Waals surface area contributed by atoms with Gasteiger partial charge in [-0.2, -0.15) is 32.9 Å². The molecule has 2 aromatic heterocycles. The van der Waals surface area contributed by atoms with E-state index in [-0.39, 0.29) is 24.4 Å². The highest BCUT2D eigenvalue weighted by molar-refractivity contribution is 5.91. The average Bonchev–Trinajstić information content (AvgIpc) is 2.69. The van der Waals surface area contributed by atoms with E-state index in [2.05, 4.69) is 15.2 Å². The zero-order valence-corrected chi connectivity index (χ0v) is 10.4. The topological polar surface area (TPSA) is 82.2 Å². The minimum absolute atomic E-state index is 0.00201. The highest BCUT2D eigenvalue weighted by Crippen LogP contribution is 2.21. The van der Waals surface area contributed by atoms with E-state index in [1.807, 2.05) is 0 Å². The van der Waals surface area contributed by atoms with Crippen LogP contribution >= 0.6 is 0 Å². The molecule has 0 unspecified atom stereocenters. The summed E-state index contributed by atoms with van der Waals surface area (Å²) in [6.45, 7) is 1.12. The molecular formula is C10H10F3N5O2. The molecule has 2 heterocycles. The number of ketones is 1. The van der Waals surface area contributed by atoms with E-state index < -0.39 is 23.9 Å². The van der Waals surface area contributed by atoms with E-state index >= 15 is 0 Å². The lowest BCUT2D eigenvalue weighted by molar-refractivity contribution is -0.135. The fourth-order valence-electron chi connectivity index (χ4n) is 1.61. The minimum Gasteiger partial charge on any atom is -0.292 e. The number of carbonyl (C=O) groups excluding carboxylic acids is 1. The first kappa shape index (κ1) is 14.2. The number of fused-ring (bicyclic) bond motifs is 1. The summed E-state index contributed by atoms with van der Waals surface area (Å²) in [6.07, 6.45) is -4.21. The van der Waals surface area contributed by atoms with Gasteiger partial charge in [0.05, 0.1) is 0 Å². The molecule has 0 spiro atoms. The number of carbonyl (C=O) groups is 1. The van der Waals surface area contributed by atoms with Crippen molar-refractivity contribution < 1.29 is 18.0 Å². The third kappa shape index (κ3) is 3.00. The van der Waals surface area contributed by atoms with Crippen molar-refractivity contribution in [3.8, 4) is 0 Å². The Bertz CT molecular complexity index is 703. The molecule has 2 rings (SSSR count). The first-order valence-corrected chi connectivity index (χ1v) is 5.68. The van der Waals surface area contributed by atoms with Gasteiger partial charge in [0.2, 0.25) is 0 Å². The number of aromatic nitrogens is 5. The van der Waals surface area contributed by atoms with Gasteiger partial charge in [0, 0.05) is 19.9 Å². The largest absolute Gasteiger partial charge is 0.389 e. The first-order valence-electron chi connectivity index (χ1n) is 5.68. The Kier molecular flexibility index (Phi) is 3.55. The van der Waals surface area contributed by atoms with Crippen LogP contribution in [0.2, 0.25) is 0 Å². The van der Waals surface area contributed by atoms with Gasteiger partial charge in [-0.1, -0.05) is 0 Å². The Morgan fingerprint density at radius 1 is 1.40 bits per heavy atom. The monoisotopic (exact) mass is 289 g/mol. The Labute approximate surface area is 110 Å². The van der Waals surface area contributed by atoms with Crippen LogP contribution in [0, 0.1) is 0 Å². The lowest BCUT2D eigenvalue weighted by Crippen LogP contribution is -2.22. The van der Waals surface area contributed by atoms with Gasteiger partial charge in [-0.3, -0.25) is 9.59 Å². The smallest absolute Gasteiger partial charge is 0.292 e. The van der Waals surface area contributed by atoms with Crippen LogP contribution in [-0.2, 0) is 6.54 Å². The maximum absolute atomic E-state index is 12.1. The molecule has 0 fully saturated rings. The molecule has 0 bridgehead atoms. The van der Waals surface area contributed by atoms with E-state index in [1.165, 1.54) is 13.3 Å². The number of hydrogen-bond acceptors (Lipinski definition) is 5. The molecular weight excluding hydrogens is 279 g/mol. The maximum Gasteiger partial charge on any atom is 0.389 e. The summed E-state index contributed by atoms with van der Waals surface area (Å²) in [5.74, 6) is -0.538. The Morgan fingerprint density at radius 3 is 2.70 bits per heavy atom. The van der Waals surface area contributed by atoms with Gasteiger partial charge in [0.25, 0.3) is 5.78 Å². The maximum atomic E-state index is 12.1. The van der Waals surface area contributed by atoms with Gasteiger partial charge >= 0.3 is 11.7 Å². The van der Waals surface area contributed by atoms with Crippen LogP contribution < -0.4 is 5.56 Å². The molecule has 7 nitrogen and oxygen atoms in total. The van der Waals surface area contributed by atoms with Crippen molar-refractivity contribution in [1.29, 1.82) is 0 Å². The predicted molar refractivity (Wildman–Crippen MR) is 60.3 cm³/mol. The van der Waals surface area contributed by atoms with Crippen LogP contribution in [0.3, 0.4) is 0 Å². The number of nitrogens with zero attached hydrogens (tertiary/aromatic N) is 5. The molecule has 0 aliphatic rings. The normalized spacial score (nSPS) is 12.0. The molecule has 20 heavy (non-hydrogen) atoms. The highest BCUT2D eigenvalue weighted by Gasteiger charge is 2.26. The van der Waals surface area contributed by atoms with Crippen LogP contribution in [0.5, 0.6) is 0 Å². The lowest BCUT2D eigenvalue weighted by atomic mass is 10.3. The minimum atomic E-state index is -4.24. The van der Waals surface area contributed by atoms with Crippen LogP contribution in [0.4, 0.5) is 13.2 Å². The van der Waals surface area contributed by atoms with E-state index in [0.29, 0.717) is 0 Å². The molecule has 0 N–H and O–H groups in total. The number of rotatable bonds is 4. The van der Waals surface area contributed by atoms with Crippen LogP contribution in [-0.4, -0.2) is 36.3 Å². The fraction of sp³-hybridized carbons (Fsp3) is 0.500. The number of aryl methyl sites for hydroxylation is 1. The predicted octanol–water partition coefficient (Wildman–Crippen LogP) is 0.831. The molecule has 0 radical (unpaired) electrons. The molecule has 0 aliphatic heterocycles. The second-order valence-electron chi connectivity index (χ2n) is 4.14. The van der Waals surface area contributed by atoms with Gasteiger partial charge in [-0.25, -0.2) is 4.68 Å². The van der Waals surface area contributed by atoms with Gasteiger partial charge in [-0.15, -0.1) is 0 Å². The molecule has 0 saturated heterocycles.